The van der Waals surface area contributed by atoms with Crippen LogP contribution in [0.1, 0.15) is 32.4 Å². The number of nitrogens with zero attached hydrogens (tertiary/aromatic N) is 4. The smallest absolute Gasteiger partial charge is 0.410 e. The van der Waals surface area contributed by atoms with Crippen molar-refractivity contribution in [3.63, 3.8) is 0 Å². The van der Waals surface area contributed by atoms with Crippen molar-refractivity contribution in [2.45, 2.75) is 63.3 Å². The van der Waals surface area contributed by atoms with E-state index < -0.39 is 24.1 Å². The quantitative estimate of drug-likeness (QED) is 0.308. The zero-order valence-electron chi connectivity index (χ0n) is 20.3. The summed E-state index contributed by atoms with van der Waals surface area (Å²) in [7, 11) is 0. The number of carboxylic acids is 1. The second kappa shape index (κ2) is 10.7. The summed E-state index contributed by atoms with van der Waals surface area (Å²) in [6.45, 7) is 7.88. The minimum absolute atomic E-state index is 0.0189. The largest absolute Gasteiger partial charge is 0.477 e. The molecule has 0 radical (unpaired) electrons. The van der Waals surface area contributed by atoms with Crippen LogP contribution in [0.15, 0.2) is 35.8 Å². The number of rotatable bonds is 10. The van der Waals surface area contributed by atoms with Crippen LogP contribution in [0.2, 0.25) is 0 Å². The third-order valence-corrected chi connectivity index (χ3v) is 8.70. The van der Waals surface area contributed by atoms with E-state index in [1.165, 1.54) is 22.7 Å². The van der Waals surface area contributed by atoms with Crippen LogP contribution in [0.5, 0.6) is 0 Å². The number of carbonyl (C=O) groups excluding carboxylic acids is 2. The normalized spacial score (nSPS) is 28.2. The van der Waals surface area contributed by atoms with Gasteiger partial charge in [0.15, 0.2) is 0 Å². The molecule has 0 bridgehead atoms. The fourth-order valence-corrected chi connectivity index (χ4v) is 7.06. The van der Waals surface area contributed by atoms with E-state index in [0.29, 0.717) is 36.5 Å². The Morgan fingerprint density at radius 2 is 2.17 bits per heavy atom. The number of aliphatic hydroxyl groups excluding tert-OH is 2. The minimum atomic E-state index is -1.17. The Hall–Kier alpha value is -2.83. The molecule has 3 N–H and O–H groups in total. The number of likely N-dealkylation sites (tertiary alicyclic amines) is 1. The van der Waals surface area contributed by atoms with E-state index in [-0.39, 0.29) is 48.1 Å². The number of β-lactam (4-membered cyclic amide) rings is 1. The van der Waals surface area contributed by atoms with Gasteiger partial charge in [0, 0.05) is 35.2 Å². The molecule has 4 heterocycles. The number of hydrogen-bond acceptors (Lipinski definition) is 8. The summed E-state index contributed by atoms with van der Waals surface area (Å²) >= 11 is 1.40. The van der Waals surface area contributed by atoms with Crippen LogP contribution in [0, 0.1) is 11.8 Å². The maximum atomic E-state index is 12.8. The van der Waals surface area contributed by atoms with Crippen molar-refractivity contribution in [1.29, 1.82) is 0 Å². The number of ether oxygens (including phenoxy) is 1. The lowest BCUT2D eigenvalue weighted by atomic mass is 9.79. The van der Waals surface area contributed by atoms with Crippen molar-refractivity contribution >= 4 is 29.7 Å². The monoisotopic (exact) mass is 520 g/mol. The van der Waals surface area contributed by atoms with Gasteiger partial charge in [-0.2, -0.15) is 0 Å². The van der Waals surface area contributed by atoms with E-state index in [1.54, 1.807) is 24.3 Å². The third kappa shape index (κ3) is 4.64. The maximum Gasteiger partial charge on any atom is 0.410 e. The Morgan fingerprint density at radius 3 is 2.81 bits per heavy atom. The molecule has 4 rings (SSSR count). The van der Waals surface area contributed by atoms with Crippen LogP contribution in [0.3, 0.4) is 0 Å². The summed E-state index contributed by atoms with van der Waals surface area (Å²) in [5.74, 6) is -2.40. The summed E-state index contributed by atoms with van der Waals surface area (Å²) < 4.78 is 7.14. The second-order valence-corrected chi connectivity index (χ2v) is 10.8. The number of imidazole rings is 1. The average Bonchev–Trinajstić information content (AvgIpc) is 3.51. The van der Waals surface area contributed by atoms with Gasteiger partial charge < -0.3 is 34.4 Å². The first kappa shape index (κ1) is 26.2. The number of fused-ring (bicyclic) bond motifs is 1. The Labute approximate surface area is 213 Å². The summed E-state index contributed by atoms with van der Waals surface area (Å²) in [6, 6.07) is -0.543. The Morgan fingerprint density at radius 1 is 1.42 bits per heavy atom. The average molecular weight is 521 g/mol. The van der Waals surface area contributed by atoms with Crippen molar-refractivity contribution < 1.29 is 34.4 Å². The third-order valence-electron chi connectivity index (χ3n) is 7.20. The molecule has 0 aromatic carbocycles. The summed E-state index contributed by atoms with van der Waals surface area (Å²) in [5.41, 5.74) is 0.659. The number of carboxylic acid groups (broad SMARTS) is 1. The van der Waals surface area contributed by atoms with Gasteiger partial charge >= 0.3 is 12.1 Å². The molecule has 2 amide bonds. The van der Waals surface area contributed by atoms with Gasteiger partial charge in [-0.15, -0.1) is 11.8 Å². The number of aromatic nitrogens is 2. The Bertz CT molecular complexity index is 1070. The van der Waals surface area contributed by atoms with Crippen LogP contribution in [-0.4, -0.2) is 89.2 Å². The fourth-order valence-electron chi connectivity index (χ4n) is 5.50. The van der Waals surface area contributed by atoms with E-state index in [0.717, 1.165) is 0 Å². The van der Waals surface area contributed by atoms with Crippen LogP contribution < -0.4 is 0 Å². The van der Waals surface area contributed by atoms with Crippen molar-refractivity contribution in [3.05, 3.63) is 41.5 Å². The molecule has 11 nitrogen and oxygen atoms in total. The molecule has 6 atom stereocenters. The van der Waals surface area contributed by atoms with E-state index in [1.807, 2.05) is 11.5 Å². The number of hydrogen-bond donors (Lipinski definition) is 3. The molecule has 0 saturated carbocycles. The minimum Gasteiger partial charge on any atom is -0.477 e. The van der Waals surface area contributed by atoms with E-state index >= 15 is 0 Å². The molecule has 196 valence electrons. The van der Waals surface area contributed by atoms with Gasteiger partial charge in [0.05, 0.1) is 42.9 Å². The van der Waals surface area contributed by atoms with Crippen LogP contribution >= 0.6 is 11.8 Å². The highest BCUT2D eigenvalue weighted by Crippen LogP contribution is 2.52. The van der Waals surface area contributed by atoms with Crippen LogP contribution in [-0.2, 0) is 27.5 Å². The Kier molecular flexibility index (Phi) is 7.76. The first-order chi connectivity index (χ1) is 17.2. The lowest BCUT2D eigenvalue weighted by Crippen LogP contribution is -2.63. The highest BCUT2D eigenvalue weighted by molar-refractivity contribution is 8.03. The van der Waals surface area contributed by atoms with Gasteiger partial charge in [-0.1, -0.05) is 19.6 Å². The van der Waals surface area contributed by atoms with Gasteiger partial charge in [-0.3, -0.25) is 4.79 Å². The van der Waals surface area contributed by atoms with Crippen molar-refractivity contribution in [2.24, 2.45) is 11.8 Å². The summed E-state index contributed by atoms with van der Waals surface area (Å²) in [6.07, 6.45) is 4.61. The van der Waals surface area contributed by atoms with Gasteiger partial charge in [0.1, 0.15) is 12.3 Å². The maximum absolute atomic E-state index is 12.8. The molecule has 36 heavy (non-hydrogen) atoms. The number of carbonyl (C=O) groups is 3. The fraction of sp³-hybridized carbons (Fsp3) is 0.583. The lowest BCUT2D eigenvalue weighted by Gasteiger charge is -2.46. The molecule has 3 aliphatic heterocycles. The number of thioether (sulfide) groups is 1. The Balaban J connectivity index is 1.52. The second-order valence-electron chi connectivity index (χ2n) is 9.44. The van der Waals surface area contributed by atoms with E-state index in [9.17, 15) is 29.7 Å². The topological polar surface area (TPSA) is 145 Å². The van der Waals surface area contributed by atoms with Gasteiger partial charge in [0.25, 0.3) is 0 Å². The van der Waals surface area contributed by atoms with Gasteiger partial charge in [-0.05, 0) is 19.8 Å². The molecule has 1 aromatic rings. The number of aryl methyl sites for hydroxylation is 1. The molecule has 0 unspecified atom stereocenters. The number of amides is 2. The van der Waals surface area contributed by atoms with Gasteiger partial charge in [-0.25, -0.2) is 14.6 Å². The number of aliphatic carboxylic acids is 1. The van der Waals surface area contributed by atoms with E-state index in [2.05, 4.69) is 11.6 Å². The molecule has 0 spiro atoms. The molecule has 1 aromatic heterocycles. The molecule has 3 aliphatic rings. The van der Waals surface area contributed by atoms with Gasteiger partial charge in [0.2, 0.25) is 5.91 Å². The summed E-state index contributed by atoms with van der Waals surface area (Å²) in [4.78, 5) is 45.2. The molecular formula is C24H32N4O7S. The first-order valence-corrected chi connectivity index (χ1v) is 12.9. The number of aliphatic hydroxyl groups is 2. The lowest BCUT2D eigenvalue weighted by molar-refractivity contribution is -0.163. The predicted octanol–water partition coefficient (Wildman–Crippen LogP) is 1.42. The highest BCUT2D eigenvalue weighted by atomic mass is 32.2. The molecule has 0 aliphatic carbocycles. The zero-order valence-corrected chi connectivity index (χ0v) is 21.1. The predicted molar refractivity (Wildman–Crippen MR) is 130 cm³/mol. The van der Waals surface area contributed by atoms with Crippen molar-refractivity contribution in [3.8, 4) is 0 Å². The molecule has 2 fully saturated rings. The van der Waals surface area contributed by atoms with Crippen LogP contribution in [0.25, 0.3) is 0 Å². The molecule has 12 heteroatoms. The summed E-state index contributed by atoms with van der Waals surface area (Å²) in [5, 5.41) is 29.4. The standard InChI is InChI=1S/C24H32N4O7S/c1-4-7-35-24(34)27-10-17(8-15(27)5-6-26-12-25-9-16(26)11-29)36-21-13(2)19-18(14(3)30)22(31)28(19)20(21)23(32)33/h4,9,12-15,17-19,29-30H,1,5-8,10-11H2,2-3H3,(H,32,33)/t13-,14-,15+,17+,18-,19-/m1/s1. The SMILES string of the molecule is C=CCOC(=O)N1C[C@@H](SC2=C(C(=O)O)N3C(=O)[C@H]([C@@H](C)O)[C@H]3[C@H]2C)C[C@@H]1CCn1cncc1CO. The zero-order chi connectivity index (χ0) is 26.1. The molecular weight excluding hydrogens is 488 g/mol. The van der Waals surface area contributed by atoms with Crippen molar-refractivity contribution in [1.82, 2.24) is 19.4 Å². The van der Waals surface area contributed by atoms with E-state index in [4.69, 9.17) is 4.74 Å². The van der Waals surface area contributed by atoms with Crippen LogP contribution in [0.4, 0.5) is 4.79 Å². The molecule has 2 saturated heterocycles. The highest BCUT2D eigenvalue weighted by Gasteiger charge is 2.60. The van der Waals surface area contributed by atoms with Crippen molar-refractivity contribution in [2.75, 3.05) is 13.2 Å². The first-order valence-electron chi connectivity index (χ1n) is 12.0.